The molecule has 0 aliphatic rings. The van der Waals surface area contributed by atoms with E-state index in [4.69, 9.17) is 0 Å². The lowest BCUT2D eigenvalue weighted by atomic mass is 10.1. The van der Waals surface area contributed by atoms with Crippen LogP contribution in [0.4, 0.5) is 0 Å². The zero-order chi connectivity index (χ0) is 21.3. The van der Waals surface area contributed by atoms with Gasteiger partial charge in [-0.1, -0.05) is 126 Å². The number of H-pyrrole nitrogens is 1. The molecular formula is C24H45N. The van der Waals surface area contributed by atoms with Crippen LogP contribution in [-0.4, -0.2) is 4.98 Å². The van der Waals surface area contributed by atoms with Crippen molar-refractivity contribution < 1.29 is 0 Å². The Morgan fingerprint density at radius 1 is 0.800 bits per heavy atom. The van der Waals surface area contributed by atoms with E-state index in [9.17, 15) is 0 Å². The van der Waals surface area contributed by atoms with E-state index in [1.54, 1.807) is 18.2 Å². The van der Waals surface area contributed by atoms with Crippen molar-refractivity contribution in [2.45, 2.75) is 69.2 Å². The van der Waals surface area contributed by atoms with Crippen molar-refractivity contribution in [1.82, 2.24) is 4.98 Å². The van der Waals surface area contributed by atoms with E-state index in [1.165, 1.54) is 0 Å². The summed E-state index contributed by atoms with van der Waals surface area (Å²) in [5, 5.41) is 1.92. The summed E-state index contributed by atoms with van der Waals surface area (Å²) in [7, 11) is 0. The lowest BCUT2D eigenvalue weighted by Crippen LogP contribution is -2.19. The lowest BCUT2D eigenvalue weighted by Gasteiger charge is -1.94. The second-order valence-corrected chi connectivity index (χ2v) is 3.08. The highest BCUT2D eigenvalue weighted by atomic mass is 14.7. The Morgan fingerprint density at radius 3 is 1.56 bits per heavy atom. The molecule has 0 aliphatic heterocycles. The van der Waals surface area contributed by atoms with E-state index in [1.807, 2.05) is 87.5 Å². The molecule has 0 saturated carbocycles. The second kappa shape index (κ2) is 33.6. The van der Waals surface area contributed by atoms with Crippen LogP contribution in [0.25, 0.3) is 18.2 Å². The van der Waals surface area contributed by atoms with Gasteiger partial charge in [-0.3, -0.25) is 0 Å². The number of aromatic amines is 1. The van der Waals surface area contributed by atoms with Crippen molar-refractivity contribution in [2.75, 3.05) is 0 Å². The summed E-state index contributed by atoms with van der Waals surface area (Å²) in [6.07, 6.45) is 9.07. The number of aromatic nitrogens is 1. The van der Waals surface area contributed by atoms with Crippen molar-refractivity contribution >= 4 is 18.2 Å². The molecule has 25 heavy (non-hydrogen) atoms. The zero-order valence-electron chi connectivity index (χ0n) is 18.8. The minimum atomic E-state index is 0.877. The van der Waals surface area contributed by atoms with Crippen LogP contribution in [0.3, 0.4) is 0 Å². The molecule has 0 amide bonds. The predicted molar refractivity (Wildman–Crippen MR) is 125 cm³/mol. The van der Waals surface area contributed by atoms with Crippen LogP contribution < -0.4 is 10.6 Å². The Hall–Kier alpha value is -2.02. The molecule has 0 radical (unpaired) electrons. The Morgan fingerprint density at radius 2 is 1.24 bits per heavy atom. The van der Waals surface area contributed by atoms with Gasteiger partial charge in [0.25, 0.3) is 0 Å². The highest BCUT2D eigenvalue weighted by Crippen LogP contribution is 2.09. The van der Waals surface area contributed by atoms with Crippen molar-refractivity contribution in [3.63, 3.8) is 0 Å². The van der Waals surface area contributed by atoms with Crippen molar-refractivity contribution in [3.8, 4) is 0 Å². The number of nitrogens with one attached hydrogen (secondary N) is 1. The first-order chi connectivity index (χ1) is 12.2. The lowest BCUT2D eigenvalue weighted by molar-refractivity contribution is 1.29. The van der Waals surface area contributed by atoms with E-state index < -0.39 is 0 Å². The highest BCUT2D eigenvalue weighted by molar-refractivity contribution is 5.72. The summed E-state index contributed by atoms with van der Waals surface area (Å²) in [4.78, 5) is 3.19. The fourth-order valence-electron chi connectivity index (χ4n) is 1.34. The molecule has 0 aliphatic carbocycles. The minimum absolute atomic E-state index is 0.877. The second-order valence-electron chi connectivity index (χ2n) is 3.08. The summed E-state index contributed by atoms with van der Waals surface area (Å²) in [5.41, 5.74) is 1.99. The first-order valence-corrected chi connectivity index (χ1v) is 9.69. The largest absolute Gasteiger partial charge is 0.355 e. The summed E-state index contributed by atoms with van der Waals surface area (Å²) < 4.78 is 0. The van der Waals surface area contributed by atoms with E-state index in [0.717, 1.165) is 21.8 Å². The van der Waals surface area contributed by atoms with Gasteiger partial charge in [0.15, 0.2) is 0 Å². The number of hydrogen-bond donors (Lipinski definition) is 1. The molecule has 1 heterocycles. The molecular weight excluding hydrogens is 302 g/mol. The maximum atomic E-state index is 3.91. The van der Waals surface area contributed by atoms with Crippen molar-refractivity contribution in [2.24, 2.45) is 0 Å². The summed E-state index contributed by atoms with van der Waals surface area (Å²) in [5.74, 6) is 0. The average Bonchev–Trinajstić information content (AvgIpc) is 3.08. The molecule has 0 atom stereocenters. The molecule has 0 saturated heterocycles. The number of hydrogen-bond acceptors (Lipinski definition) is 0. The molecule has 1 aromatic heterocycles. The molecule has 0 unspecified atom stereocenters. The van der Waals surface area contributed by atoms with Crippen LogP contribution in [0.1, 0.15) is 74.9 Å². The molecule has 0 spiro atoms. The van der Waals surface area contributed by atoms with Crippen LogP contribution in [0, 0.1) is 0 Å². The van der Waals surface area contributed by atoms with E-state index in [0.29, 0.717) is 0 Å². The van der Waals surface area contributed by atoms with Crippen molar-refractivity contribution in [1.29, 1.82) is 0 Å². The predicted octanol–water partition coefficient (Wildman–Crippen LogP) is 7.28. The molecule has 1 rings (SSSR count). The standard InChI is InChI=1S/C14H15N.5C2H6/c1-5-8-12(7-3)14-10-13(9-6-2)11(4)15-14;5*1-2/h5-10,15H,1-4H2;5*1-2H3/b12-8+,13-9-;;;;;. The van der Waals surface area contributed by atoms with Crippen LogP contribution in [0.5, 0.6) is 0 Å². The Bertz CT molecular complexity index is 513. The molecule has 1 N–H and O–H groups in total. The third kappa shape index (κ3) is 18.2. The van der Waals surface area contributed by atoms with E-state index in [2.05, 4.69) is 31.3 Å². The van der Waals surface area contributed by atoms with Gasteiger partial charge in [0.1, 0.15) is 0 Å². The monoisotopic (exact) mass is 347 g/mol. The Balaban J connectivity index is -0.000000114. The quantitative estimate of drug-likeness (QED) is 0.551. The molecule has 0 bridgehead atoms. The van der Waals surface area contributed by atoms with E-state index in [-0.39, 0.29) is 0 Å². The van der Waals surface area contributed by atoms with Gasteiger partial charge in [0.05, 0.1) is 0 Å². The van der Waals surface area contributed by atoms with Gasteiger partial charge in [-0.2, -0.15) is 0 Å². The highest BCUT2D eigenvalue weighted by Gasteiger charge is 1.98. The van der Waals surface area contributed by atoms with Crippen LogP contribution >= 0.6 is 0 Å². The first kappa shape index (κ1) is 34.3. The minimum Gasteiger partial charge on any atom is -0.355 e. The van der Waals surface area contributed by atoms with Gasteiger partial charge in [0.2, 0.25) is 0 Å². The normalized spacial score (nSPS) is 8.72. The number of rotatable bonds is 4. The van der Waals surface area contributed by atoms with Crippen LogP contribution in [0.2, 0.25) is 0 Å². The molecule has 0 aromatic carbocycles. The SMILES string of the molecule is C=C/C=c1/cc(/C(C=C)=C/C=C)[nH]c1=C.CC.CC.CC.CC.CC. The smallest absolute Gasteiger partial charge is 0.0464 e. The summed E-state index contributed by atoms with van der Waals surface area (Å²) in [6, 6.07) is 2.01. The summed E-state index contributed by atoms with van der Waals surface area (Å²) in [6.45, 7) is 35.0. The zero-order valence-corrected chi connectivity index (χ0v) is 18.8. The Kier molecular flexibility index (Phi) is 46.1. The number of allylic oxidation sites excluding steroid dienone is 5. The van der Waals surface area contributed by atoms with Gasteiger partial charge < -0.3 is 4.98 Å². The summed E-state index contributed by atoms with van der Waals surface area (Å²) >= 11 is 0. The third-order valence-corrected chi connectivity index (χ3v) is 2.06. The van der Waals surface area contributed by atoms with Crippen molar-refractivity contribution in [3.05, 3.63) is 66.4 Å². The molecule has 1 heteroatoms. The molecule has 1 nitrogen and oxygen atoms in total. The van der Waals surface area contributed by atoms with Gasteiger partial charge in [-0.05, 0) is 16.9 Å². The maximum Gasteiger partial charge on any atom is 0.0464 e. The van der Waals surface area contributed by atoms with Gasteiger partial charge in [-0.15, -0.1) is 0 Å². The molecule has 0 fully saturated rings. The average molecular weight is 348 g/mol. The van der Waals surface area contributed by atoms with Crippen LogP contribution in [-0.2, 0) is 0 Å². The molecule has 1 aromatic rings. The maximum absolute atomic E-state index is 3.91. The van der Waals surface area contributed by atoms with Gasteiger partial charge >= 0.3 is 0 Å². The first-order valence-electron chi connectivity index (χ1n) is 9.69. The topological polar surface area (TPSA) is 15.8 Å². The third-order valence-electron chi connectivity index (χ3n) is 2.06. The van der Waals surface area contributed by atoms with Gasteiger partial charge in [0, 0.05) is 11.0 Å². The van der Waals surface area contributed by atoms with E-state index >= 15 is 0 Å². The Labute approximate surface area is 159 Å². The van der Waals surface area contributed by atoms with Gasteiger partial charge in [-0.25, -0.2) is 0 Å². The fourth-order valence-corrected chi connectivity index (χ4v) is 1.34. The van der Waals surface area contributed by atoms with Crippen LogP contribution in [0.15, 0.2) is 50.1 Å². The molecule has 146 valence electrons. The fraction of sp³-hybridized carbons (Fsp3) is 0.417.